The lowest BCUT2D eigenvalue weighted by molar-refractivity contribution is -0.151. The van der Waals surface area contributed by atoms with Crippen molar-refractivity contribution in [2.45, 2.75) is 25.0 Å². The normalized spacial score (nSPS) is 12.2. The highest BCUT2D eigenvalue weighted by Gasteiger charge is 2.07. The summed E-state index contributed by atoms with van der Waals surface area (Å²) in [7, 11) is 0. The van der Waals surface area contributed by atoms with Crippen molar-refractivity contribution in [2.24, 2.45) is 0 Å². The van der Waals surface area contributed by atoms with E-state index in [-0.39, 0.29) is 18.1 Å². The Bertz CT molecular complexity index is 124. The number of carbonyl (C=O) groups excluding carboxylic acids is 2. The maximum absolute atomic E-state index is 10.5. The monoisotopic (exact) mass is 162 g/mol. The number of hydrogen-bond acceptors (Lipinski definition) is 4. The second-order valence-electron chi connectivity index (χ2n) is 1.85. The van der Waals surface area contributed by atoms with Crippen LogP contribution in [0.15, 0.2) is 0 Å². The molecule has 0 aliphatic heterocycles. The molecule has 0 aromatic carbocycles. The van der Waals surface area contributed by atoms with Crippen molar-refractivity contribution in [3.05, 3.63) is 0 Å². The highest BCUT2D eigenvalue weighted by Crippen LogP contribution is 2.05. The smallest absolute Gasteiger partial charge is 0.314 e. The van der Waals surface area contributed by atoms with Crippen molar-refractivity contribution < 1.29 is 14.3 Å². The molecule has 1 unspecified atom stereocenters. The van der Waals surface area contributed by atoms with Gasteiger partial charge in [-0.2, -0.15) is 12.6 Å². The average molecular weight is 162 g/mol. The van der Waals surface area contributed by atoms with Gasteiger partial charge in [0.1, 0.15) is 0 Å². The molecule has 0 spiro atoms. The van der Waals surface area contributed by atoms with Gasteiger partial charge >= 0.3 is 12.4 Å². The van der Waals surface area contributed by atoms with Gasteiger partial charge in [0.05, 0.1) is 6.42 Å². The molecule has 0 aromatic heterocycles. The van der Waals surface area contributed by atoms with Crippen LogP contribution < -0.4 is 0 Å². The molecule has 0 N–H and O–H groups in total. The molecular formula is C6H10O3S. The molecule has 0 bridgehead atoms. The summed E-state index contributed by atoms with van der Waals surface area (Å²) < 4.78 is 4.05. The molecule has 0 saturated heterocycles. The second kappa shape index (κ2) is 5.29. The van der Waals surface area contributed by atoms with E-state index in [4.69, 9.17) is 0 Å². The Balaban J connectivity index is 3.46. The van der Waals surface area contributed by atoms with E-state index in [2.05, 4.69) is 17.4 Å². The third-order valence-electron chi connectivity index (χ3n) is 1.05. The minimum absolute atomic E-state index is 0.00699. The first-order valence-corrected chi connectivity index (χ1v) is 3.53. The van der Waals surface area contributed by atoms with E-state index in [9.17, 15) is 9.59 Å². The van der Waals surface area contributed by atoms with Gasteiger partial charge in [-0.1, -0.05) is 6.92 Å². The molecule has 0 radical (unpaired) electrons. The zero-order chi connectivity index (χ0) is 7.98. The van der Waals surface area contributed by atoms with E-state index in [1.807, 2.05) is 6.92 Å². The average Bonchev–Trinajstić information content (AvgIpc) is 1.88. The predicted molar refractivity (Wildman–Crippen MR) is 39.8 cm³/mol. The first-order chi connectivity index (χ1) is 4.70. The molecule has 58 valence electrons. The summed E-state index contributed by atoms with van der Waals surface area (Å²) in [5.41, 5.74) is 0. The minimum atomic E-state index is -0.517. The van der Waals surface area contributed by atoms with Crippen LogP contribution >= 0.6 is 12.6 Å². The Labute approximate surface area is 65.2 Å². The van der Waals surface area contributed by atoms with Gasteiger partial charge in [0.15, 0.2) is 0 Å². The number of ether oxygens (including phenoxy) is 1. The standard InChI is InChI=1S/C6H10O3S/c1-2-5(10)3-6(8)9-4-7/h4-5,10H,2-3H2,1H3. The van der Waals surface area contributed by atoms with Gasteiger partial charge in [0, 0.05) is 5.25 Å². The summed E-state index contributed by atoms with van der Waals surface area (Å²) in [5, 5.41) is -0.00699. The van der Waals surface area contributed by atoms with Crippen LogP contribution in [0.25, 0.3) is 0 Å². The SMILES string of the molecule is CCC(S)CC(=O)OC=O. The van der Waals surface area contributed by atoms with Crippen molar-refractivity contribution in [3.8, 4) is 0 Å². The summed E-state index contributed by atoms with van der Waals surface area (Å²) >= 11 is 4.05. The van der Waals surface area contributed by atoms with Crippen LogP contribution in [-0.2, 0) is 14.3 Å². The highest BCUT2D eigenvalue weighted by molar-refractivity contribution is 7.81. The van der Waals surface area contributed by atoms with E-state index < -0.39 is 5.97 Å². The van der Waals surface area contributed by atoms with Crippen molar-refractivity contribution in [1.82, 2.24) is 0 Å². The lowest BCUT2D eigenvalue weighted by Gasteiger charge is -2.02. The lowest BCUT2D eigenvalue weighted by Crippen LogP contribution is -2.09. The fraction of sp³-hybridized carbons (Fsp3) is 0.667. The second-order valence-corrected chi connectivity index (χ2v) is 2.58. The maximum Gasteiger partial charge on any atom is 0.314 e. The van der Waals surface area contributed by atoms with E-state index in [1.54, 1.807) is 0 Å². The van der Waals surface area contributed by atoms with Crippen LogP contribution in [0.4, 0.5) is 0 Å². The van der Waals surface area contributed by atoms with Crippen LogP contribution in [0.2, 0.25) is 0 Å². The molecule has 1 atom stereocenters. The van der Waals surface area contributed by atoms with Crippen molar-refractivity contribution in [1.29, 1.82) is 0 Å². The van der Waals surface area contributed by atoms with Crippen LogP contribution in [0, 0.1) is 0 Å². The highest BCUT2D eigenvalue weighted by atomic mass is 32.1. The van der Waals surface area contributed by atoms with Crippen LogP contribution in [0.5, 0.6) is 0 Å². The van der Waals surface area contributed by atoms with Gasteiger partial charge in [0.25, 0.3) is 0 Å². The molecule has 0 rings (SSSR count). The number of thiol groups is 1. The number of esters is 1. The molecule has 0 aliphatic rings. The molecular weight excluding hydrogens is 152 g/mol. The summed E-state index contributed by atoms with van der Waals surface area (Å²) in [6, 6.07) is 0. The van der Waals surface area contributed by atoms with Crippen molar-refractivity contribution in [2.75, 3.05) is 0 Å². The Hall–Kier alpha value is -0.510. The number of carbonyl (C=O) groups is 2. The third kappa shape index (κ3) is 4.38. The molecule has 0 aromatic rings. The molecule has 0 amide bonds. The van der Waals surface area contributed by atoms with Gasteiger partial charge in [-0.15, -0.1) is 0 Å². The molecule has 0 aliphatic carbocycles. The first-order valence-electron chi connectivity index (χ1n) is 3.02. The first kappa shape index (κ1) is 9.49. The topological polar surface area (TPSA) is 43.4 Å². The Kier molecular flexibility index (Phi) is 5.02. The van der Waals surface area contributed by atoms with Crippen molar-refractivity contribution in [3.63, 3.8) is 0 Å². The minimum Gasteiger partial charge on any atom is -0.395 e. The van der Waals surface area contributed by atoms with Gasteiger partial charge in [0.2, 0.25) is 0 Å². The molecule has 0 saturated carbocycles. The van der Waals surface area contributed by atoms with E-state index >= 15 is 0 Å². The third-order valence-corrected chi connectivity index (χ3v) is 1.60. The Morgan fingerprint density at radius 3 is 2.80 bits per heavy atom. The lowest BCUT2D eigenvalue weighted by atomic mass is 10.2. The fourth-order valence-corrected chi connectivity index (χ4v) is 0.588. The maximum atomic E-state index is 10.5. The summed E-state index contributed by atoms with van der Waals surface area (Å²) in [4.78, 5) is 20.1. The predicted octanol–water partition coefficient (Wildman–Crippen LogP) is 0.784. The Morgan fingerprint density at radius 2 is 2.40 bits per heavy atom. The quantitative estimate of drug-likeness (QED) is 0.287. The van der Waals surface area contributed by atoms with Crippen LogP contribution in [0.3, 0.4) is 0 Å². The summed E-state index contributed by atoms with van der Waals surface area (Å²) in [5.74, 6) is -0.517. The molecule has 3 nitrogen and oxygen atoms in total. The van der Waals surface area contributed by atoms with Crippen LogP contribution in [0.1, 0.15) is 19.8 Å². The molecule has 10 heavy (non-hydrogen) atoms. The van der Waals surface area contributed by atoms with E-state index in [0.29, 0.717) is 0 Å². The van der Waals surface area contributed by atoms with Crippen LogP contribution in [-0.4, -0.2) is 17.7 Å². The van der Waals surface area contributed by atoms with Gasteiger partial charge in [-0.05, 0) is 6.42 Å². The van der Waals surface area contributed by atoms with Gasteiger partial charge < -0.3 is 4.74 Å². The fourth-order valence-electron chi connectivity index (χ4n) is 0.438. The van der Waals surface area contributed by atoms with E-state index in [1.165, 1.54) is 0 Å². The van der Waals surface area contributed by atoms with Crippen molar-refractivity contribution >= 4 is 25.1 Å². The molecule has 0 fully saturated rings. The Morgan fingerprint density at radius 1 is 1.80 bits per heavy atom. The van der Waals surface area contributed by atoms with Gasteiger partial charge in [-0.25, -0.2) is 0 Å². The largest absolute Gasteiger partial charge is 0.395 e. The summed E-state index contributed by atoms with van der Waals surface area (Å²) in [6.45, 7) is 2.05. The zero-order valence-corrected chi connectivity index (χ0v) is 6.64. The number of hydrogen-bond donors (Lipinski definition) is 1. The summed E-state index contributed by atoms with van der Waals surface area (Å²) in [6.07, 6.45) is 0.982. The molecule has 0 heterocycles. The van der Waals surface area contributed by atoms with E-state index in [0.717, 1.165) is 6.42 Å². The zero-order valence-electron chi connectivity index (χ0n) is 5.74. The molecule has 4 heteroatoms. The van der Waals surface area contributed by atoms with Gasteiger partial charge in [-0.3, -0.25) is 9.59 Å². The number of rotatable bonds is 4.